The molecule has 0 saturated heterocycles. The van der Waals surface area contributed by atoms with Crippen molar-refractivity contribution in [2.75, 3.05) is 11.9 Å². The Labute approximate surface area is 119 Å². The zero-order valence-corrected chi connectivity index (χ0v) is 11.5. The number of rotatable bonds is 4. The number of benzene rings is 2. The summed E-state index contributed by atoms with van der Waals surface area (Å²) in [4.78, 5) is 6.38. The van der Waals surface area contributed by atoms with Gasteiger partial charge in [-0.2, -0.15) is 0 Å². The molecule has 0 saturated carbocycles. The molecular weight excluding hydrogens is 246 g/mol. The molecule has 3 nitrogen and oxygen atoms in total. The highest BCUT2D eigenvalue weighted by Crippen LogP contribution is 2.24. The van der Waals surface area contributed by atoms with Crippen LogP contribution in [0.1, 0.15) is 5.56 Å². The van der Waals surface area contributed by atoms with Gasteiger partial charge in [-0.15, -0.1) is 0 Å². The second kappa shape index (κ2) is 5.61. The van der Waals surface area contributed by atoms with E-state index in [2.05, 4.69) is 65.5 Å². The van der Waals surface area contributed by atoms with E-state index in [-0.39, 0.29) is 0 Å². The van der Waals surface area contributed by atoms with Gasteiger partial charge in [0.05, 0.1) is 17.7 Å². The SMILES string of the molecule is CN(Cc1ccccc1)c1ccccc1-n1ccnc1. The van der Waals surface area contributed by atoms with Crippen LogP contribution in [0, 0.1) is 0 Å². The second-order valence-electron chi connectivity index (χ2n) is 4.80. The van der Waals surface area contributed by atoms with E-state index in [4.69, 9.17) is 0 Å². The largest absolute Gasteiger partial charge is 0.369 e. The molecule has 20 heavy (non-hydrogen) atoms. The van der Waals surface area contributed by atoms with Crippen molar-refractivity contribution in [2.45, 2.75) is 6.54 Å². The van der Waals surface area contributed by atoms with Gasteiger partial charge >= 0.3 is 0 Å². The zero-order chi connectivity index (χ0) is 13.8. The van der Waals surface area contributed by atoms with E-state index in [1.54, 1.807) is 6.20 Å². The van der Waals surface area contributed by atoms with Crippen LogP contribution in [0.3, 0.4) is 0 Å². The van der Waals surface area contributed by atoms with E-state index in [0.717, 1.165) is 12.2 Å². The molecule has 0 aliphatic rings. The van der Waals surface area contributed by atoms with Crippen molar-refractivity contribution in [2.24, 2.45) is 0 Å². The minimum atomic E-state index is 0.881. The molecule has 0 radical (unpaired) electrons. The third-order valence-corrected chi connectivity index (χ3v) is 3.34. The Morgan fingerprint density at radius 2 is 1.75 bits per heavy atom. The number of nitrogens with zero attached hydrogens (tertiary/aromatic N) is 3. The fourth-order valence-electron chi connectivity index (χ4n) is 2.35. The maximum Gasteiger partial charge on any atom is 0.0992 e. The van der Waals surface area contributed by atoms with E-state index in [1.165, 1.54) is 11.3 Å². The Balaban J connectivity index is 1.90. The molecule has 1 aromatic heterocycles. The van der Waals surface area contributed by atoms with E-state index >= 15 is 0 Å². The van der Waals surface area contributed by atoms with Crippen LogP contribution in [0.25, 0.3) is 5.69 Å². The highest BCUT2D eigenvalue weighted by Gasteiger charge is 2.08. The average molecular weight is 263 g/mol. The van der Waals surface area contributed by atoms with Crippen LogP contribution in [-0.2, 0) is 6.54 Å². The van der Waals surface area contributed by atoms with Crippen LogP contribution in [0.2, 0.25) is 0 Å². The van der Waals surface area contributed by atoms with Gasteiger partial charge in [0.25, 0.3) is 0 Å². The van der Waals surface area contributed by atoms with Gasteiger partial charge in [-0.25, -0.2) is 4.98 Å². The lowest BCUT2D eigenvalue weighted by molar-refractivity contribution is 0.907. The molecule has 0 amide bonds. The third kappa shape index (κ3) is 2.57. The summed E-state index contributed by atoms with van der Waals surface area (Å²) >= 11 is 0. The van der Waals surface area contributed by atoms with Gasteiger partial charge in [-0.05, 0) is 17.7 Å². The van der Waals surface area contributed by atoms with Gasteiger partial charge in [0.15, 0.2) is 0 Å². The molecule has 0 fully saturated rings. The van der Waals surface area contributed by atoms with Crippen molar-refractivity contribution in [1.82, 2.24) is 9.55 Å². The first-order valence-corrected chi connectivity index (χ1v) is 6.67. The molecule has 3 rings (SSSR count). The second-order valence-corrected chi connectivity index (χ2v) is 4.80. The lowest BCUT2D eigenvalue weighted by Gasteiger charge is -2.22. The average Bonchev–Trinajstić information content (AvgIpc) is 3.02. The number of aromatic nitrogens is 2. The van der Waals surface area contributed by atoms with Crippen LogP contribution >= 0.6 is 0 Å². The van der Waals surface area contributed by atoms with E-state index in [9.17, 15) is 0 Å². The first kappa shape index (κ1) is 12.5. The van der Waals surface area contributed by atoms with Crippen LogP contribution in [0.5, 0.6) is 0 Å². The third-order valence-electron chi connectivity index (χ3n) is 3.34. The summed E-state index contributed by atoms with van der Waals surface area (Å²) < 4.78 is 2.04. The number of hydrogen-bond donors (Lipinski definition) is 0. The van der Waals surface area contributed by atoms with Gasteiger partial charge in [-0.1, -0.05) is 42.5 Å². The number of hydrogen-bond acceptors (Lipinski definition) is 2. The van der Waals surface area contributed by atoms with Gasteiger partial charge in [-0.3, -0.25) is 0 Å². The van der Waals surface area contributed by atoms with Crippen LogP contribution in [0.15, 0.2) is 73.3 Å². The lowest BCUT2D eigenvalue weighted by atomic mass is 10.2. The van der Waals surface area contributed by atoms with Gasteiger partial charge in [0, 0.05) is 26.0 Å². The predicted octanol–water partition coefficient (Wildman–Crippen LogP) is 3.51. The number of para-hydroxylation sites is 2. The van der Waals surface area contributed by atoms with Crippen LogP contribution < -0.4 is 4.90 Å². The minimum absolute atomic E-state index is 0.881. The van der Waals surface area contributed by atoms with E-state index in [0.29, 0.717) is 0 Å². The normalized spacial score (nSPS) is 10.4. The smallest absolute Gasteiger partial charge is 0.0992 e. The Kier molecular flexibility index (Phi) is 3.50. The molecule has 1 heterocycles. The standard InChI is InChI=1S/C17H17N3/c1-19(13-15-7-3-2-4-8-15)16-9-5-6-10-17(16)20-12-11-18-14-20/h2-12,14H,13H2,1H3. The molecule has 0 aliphatic carbocycles. The number of anilines is 1. The molecule has 2 aromatic carbocycles. The van der Waals surface area contributed by atoms with Crippen molar-refractivity contribution < 1.29 is 0 Å². The summed E-state index contributed by atoms with van der Waals surface area (Å²) in [6.07, 6.45) is 5.60. The Morgan fingerprint density at radius 3 is 2.50 bits per heavy atom. The van der Waals surface area contributed by atoms with E-state index in [1.807, 2.05) is 23.2 Å². The van der Waals surface area contributed by atoms with Crippen molar-refractivity contribution in [3.05, 3.63) is 78.9 Å². The lowest BCUT2D eigenvalue weighted by Crippen LogP contribution is -2.18. The molecule has 3 aromatic rings. The molecule has 0 atom stereocenters. The molecular formula is C17H17N3. The topological polar surface area (TPSA) is 21.1 Å². The fourth-order valence-corrected chi connectivity index (χ4v) is 2.35. The Bertz CT molecular complexity index is 660. The van der Waals surface area contributed by atoms with Crippen molar-refractivity contribution >= 4 is 5.69 Å². The fraction of sp³-hybridized carbons (Fsp3) is 0.118. The molecule has 0 spiro atoms. The monoisotopic (exact) mass is 263 g/mol. The maximum absolute atomic E-state index is 4.13. The highest BCUT2D eigenvalue weighted by atomic mass is 15.1. The summed E-state index contributed by atoms with van der Waals surface area (Å²) in [7, 11) is 2.11. The van der Waals surface area contributed by atoms with E-state index < -0.39 is 0 Å². The summed E-state index contributed by atoms with van der Waals surface area (Å²) in [5, 5.41) is 0. The Morgan fingerprint density at radius 1 is 1.00 bits per heavy atom. The summed E-state index contributed by atoms with van der Waals surface area (Å²) in [5.74, 6) is 0. The van der Waals surface area contributed by atoms with Crippen LogP contribution in [0.4, 0.5) is 5.69 Å². The number of imidazole rings is 1. The molecule has 0 unspecified atom stereocenters. The van der Waals surface area contributed by atoms with Crippen molar-refractivity contribution in [3.63, 3.8) is 0 Å². The van der Waals surface area contributed by atoms with Gasteiger partial charge in [0.2, 0.25) is 0 Å². The van der Waals surface area contributed by atoms with Crippen LogP contribution in [-0.4, -0.2) is 16.6 Å². The molecule has 100 valence electrons. The molecule has 0 bridgehead atoms. The first-order chi connectivity index (χ1) is 9.84. The molecule has 0 N–H and O–H groups in total. The highest BCUT2D eigenvalue weighted by molar-refractivity contribution is 5.62. The van der Waals surface area contributed by atoms with Gasteiger partial charge in [0.1, 0.15) is 0 Å². The first-order valence-electron chi connectivity index (χ1n) is 6.67. The Hall–Kier alpha value is -2.55. The maximum atomic E-state index is 4.13. The minimum Gasteiger partial charge on any atom is -0.369 e. The quantitative estimate of drug-likeness (QED) is 0.718. The molecule has 3 heteroatoms. The van der Waals surface area contributed by atoms with Crippen molar-refractivity contribution in [3.8, 4) is 5.69 Å². The molecule has 0 aliphatic heterocycles. The summed E-state index contributed by atoms with van der Waals surface area (Å²) in [6, 6.07) is 18.9. The summed E-state index contributed by atoms with van der Waals surface area (Å²) in [5.41, 5.74) is 3.63. The van der Waals surface area contributed by atoms with Crippen molar-refractivity contribution in [1.29, 1.82) is 0 Å². The zero-order valence-electron chi connectivity index (χ0n) is 11.5. The summed E-state index contributed by atoms with van der Waals surface area (Å²) in [6.45, 7) is 0.881. The van der Waals surface area contributed by atoms with Gasteiger partial charge < -0.3 is 9.47 Å². The predicted molar refractivity (Wildman–Crippen MR) is 82.1 cm³/mol.